The summed E-state index contributed by atoms with van der Waals surface area (Å²) in [5, 5.41) is 14.9. The lowest BCUT2D eigenvalue weighted by atomic mass is 10.1. The van der Waals surface area contributed by atoms with Gasteiger partial charge in [-0.2, -0.15) is 0 Å². The molecule has 8 nitrogen and oxygen atoms in total. The van der Waals surface area contributed by atoms with Gasteiger partial charge in [0.15, 0.2) is 5.78 Å². The van der Waals surface area contributed by atoms with Crippen molar-refractivity contribution in [2.75, 3.05) is 11.9 Å². The highest BCUT2D eigenvalue weighted by molar-refractivity contribution is 8.00. The number of thioether (sulfide) groups is 1. The van der Waals surface area contributed by atoms with E-state index < -0.39 is 5.25 Å². The van der Waals surface area contributed by atoms with Crippen molar-refractivity contribution in [3.05, 3.63) is 65.7 Å². The number of hydrogen-bond acceptors (Lipinski definition) is 7. The van der Waals surface area contributed by atoms with Gasteiger partial charge >= 0.3 is 0 Å². The number of benzene rings is 2. The molecule has 1 fully saturated rings. The van der Waals surface area contributed by atoms with E-state index in [1.807, 2.05) is 30.3 Å². The molecule has 0 radical (unpaired) electrons. The van der Waals surface area contributed by atoms with E-state index in [-0.39, 0.29) is 17.8 Å². The van der Waals surface area contributed by atoms with E-state index in [0.717, 1.165) is 25.0 Å². The van der Waals surface area contributed by atoms with Gasteiger partial charge in [-0.05, 0) is 47.9 Å². The van der Waals surface area contributed by atoms with E-state index in [1.54, 1.807) is 28.9 Å². The minimum Gasteiger partial charge on any atom is -0.376 e. The second-order valence-electron chi connectivity index (χ2n) is 7.31. The average molecular weight is 438 g/mol. The Hall–Kier alpha value is -3.04. The van der Waals surface area contributed by atoms with E-state index in [2.05, 4.69) is 20.8 Å². The standard InChI is InChI=1S/C22H23N5O3S/c1-15(28)17-9-5-10-18(13-17)23-21(29)20(16-7-3-2-4-8-16)31-22-24-25-26-27(22)14-19-11-6-12-30-19/h2-5,7-10,13,19-20H,6,11-12,14H2,1H3,(H,23,29)/t19-,20+/m0/s1. The second-order valence-corrected chi connectivity index (χ2v) is 8.39. The van der Waals surface area contributed by atoms with Gasteiger partial charge < -0.3 is 10.1 Å². The first-order valence-corrected chi connectivity index (χ1v) is 11.0. The maximum absolute atomic E-state index is 13.3. The molecule has 2 aromatic carbocycles. The molecule has 0 saturated carbocycles. The Kier molecular flexibility index (Phi) is 6.73. The van der Waals surface area contributed by atoms with E-state index in [0.29, 0.717) is 23.0 Å². The van der Waals surface area contributed by atoms with Crippen LogP contribution in [0.25, 0.3) is 0 Å². The lowest BCUT2D eigenvalue weighted by Gasteiger charge is -2.17. The number of nitrogens with zero attached hydrogens (tertiary/aromatic N) is 4. The maximum Gasteiger partial charge on any atom is 0.242 e. The summed E-state index contributed by atoms with van der Waals surface area (Å²) in [7, 11) is 0. The topological polar surface area (TPSA) is 99.0 Å². The van der Waals surface area contributed by atoms with Gasteiger partial charge in [-0.25, -0.2) is 4.68 Å². The fourth-order valence-electron chi connectivity index (χ4n) is 3.41. The number of ketones is 1. The SMILES string of the molecule is CC(=O)c1cccc(NC(=O)[C@H](Sc2nnnn2C[C@@H]2CCCO2)c2ccccc2)c1. The molecule has 1 aromatic heterocycles. The Labute approximate surface area is 184 Å². The lowest BCUT2D eigenvalue weighted by molar-refractivity contribution is -0.115. The minimum atomic E-state index is -0.573. The molecule has 0 unspecified atom stereocenters. The molecule has 0 bridgehead atoms. The molecule has 9 heteroatoms. The molecule has 1 saturated heterocycles. The van der Waals surface area contributed by atoms with Crippen LogP contribution in [-0.4, -0.2) is 44.6 Å². The van der Waals surface area contributed by atoms with E-state index >= 15 is 0 Å². The number of ether oxygens (including phenoxy) is 1. The number of anilines is 1. The molecule has 0 spiro atoms. The van der Waals surface area contributed by atoms with E-state index in [1.165, 1.54) is 18.7 Å². The molecule has 2 atom stereocenters. The van der Waals surface area contributed by atoms with Gasteiger partial charge in [-0.3, -0.25) is 9.59 Å². The van der Waals surface area contributed by atoms with Gasteiger partial charge in [0.2, 0.25) is 11.1 Å². The Morgan fingerprint density at radius 1 is 1.23 bits per heavy atom. The van der Waals surface area contributed by atoms with Gasteiger partial charge in [0, 0.05) is 17.9 Å². The number of tetrazole rings is 1. The van der Waals surface area contributed by atoms with Crippen LogP contribution < -0.4 is 5.32 Å². The molecule has 1 aliphatic heterocycles. The number of amides is 1. The highest BCUT2D eigenvalue weighted by Crippen LogP contribution is 2.35. The molecular weight excluding hydrogens is 414 g/mol. The second kappa shape index (κ2) is 9.84. The van der Waals surface area contributed by atoms with E-state index in [4.69, 9.17) is 4.74 Å². The first kappa shape index (κ1) is 21.2. The molecule has 3 aromatic rings. The summed E-state index contributed by atoms with van der Waals surface area (Å²) in [6, 6.07) is 16.4. The summed E-state index contributed by atoms with van der Waals surface area (Å²) in [6.45, 7) is 2.81. The molecular formula is C22H23N5O3S. The third kappa shape index (κ3) is 5.36. The van der Waals surface area contributed by atoms with Crippen LogP contribution in [0.15, 0.2) is 59.8 Å². The third-order valence-corrected chi connectivity index (χ3v) is 6.23. The van der Waals surface area contributed by atoms with Crippen LogP contribution in [-0.2, 0) is 16.1 Å². The van der Waals surface area contributed by atoms with E-state index in [9.17, 15) is 9.59 Å². The van der Waals surface area contributed by atoms with Crippen LogP contribution >= 0.6 is 11.8 Å². The number of Topliss-reactive ketones (excluding diaryl/α,β-unsaturated/α-hetero) is 1. The Morgan fingerprint density at radius 2 is 2.06 bits per heavy atom. The third-order valence-electron chi connectivity index (χ3n) is 5.00. The van der Waals surface area contributed by atoms with Gasteiger partial charge in [0.25, 0.3) is 0 Å². The summed E-state index contributed by atoms with van der Waals surface area (Å²) < 4.78 is 7.39. The molecule has 0 aliphatic carbocycles. The number of carbonyl (C=O) groups excluding carboxylic acids is 2. The Balaban J connectivity index is 1.56. The predicted octanol–water partition coefficient (Wildman–Crippen LogP) is 3.53. The van der Waals surface area contributed by atoms with Crippen molar-refractivity contribution in [2.45, 2.75) is 42.8 Å². The molecule has 160 valence electrons. The van der Waals surface area contributed by atoms with Crippen molar-refractivity contribution in [1.29, 1.82) is 0 Å². The maximum atomic E-state index is 13.3. The lowest BCUT2D eigenvalue weighted by Crippen LogP contribution is -2.21. The van der Waals surface area contributed by atoms with Gasteiger partial charge in [0.1, 0.15) is 5.25 Å². The number of aromatic nitrogens is 4. The van der Waals surface area contributed by atoms with Crippen molar-refractivity contribution >= 4 is 29.1 Å². The fraction of sp³-hybridized carbons (Fsp3) is 0.318. The summed E-state index contributed by atoms with van der Waals surface area (Å²) in [5.41, 5.74) is 1.94. The normalized spacial score (nSPS) is 16.7. The van der Waals surface area contributed by atoms with Crippen LogP contribution in [0.1, 0.15) is 40.9 Å². The largest absolute Gasteiger partial charge is 0.376 e. The number of rotatable bonds is 8. The Bertz CT molecular complexity index is 1050. The zero-order valence-electron chi connectivity index (χ0n) is 17.1. The number of hydrogen-bond donors (Lipinski definition) is 1. The summed E-state index contributed by atoms with van der Waals surface area (Å²) in [4.78, 5) is 24.9. The highest BCUT2D eigenvalue weighted by Gasteiger charge is 2.26. The first-order valence-electron chi connectivity index (χ1n) is 10.1. The van der Waals surface area contributed by atoms with Gasteiger partial charge in [-0.1, -0.05) is 54.2 Å². The monoisotopic (exact) mass is 437 g/mol. The smallest absolute Gasteiger partial charge is 0.242 e. The molecule has 4 rings (SSSR count). The highest BCUT2D eigenvalue weighted by atomic mass is 32.2. The molecule has 2 heterocycles. The summed E-state index contributed by atoms with van der Waals surface area (Å²) >= 11 is 1.29. The average Bonchev–Trinajstić information content (AvgIpc) is 3.45. The molecule has 1 aliphatic rings. The number of carbonyl (C=O) groups is 2. The number of nitrogens with one attached hydrogen (secondary N) is 1. The quantitative estimate of drug-likeness (QED) is 0.425. The molecule has 1 amide bonds. The van der Waals surface area contributed by atoms with Crippen molar-refractivity contribution in [1.82, 2.24) is 20.2 Å². The zero-order valence-corrected chi connectivity index (χ0v) is 17.9. The molecule has 1 N–H and O–H groups in total. The fourth-order valence-corrected chi connectivity index (χ4v) is 4.39. The summed E-state index contributed by atoms with van der Waals surface area (Å²) in [6.07, 6.45) is 2.09. The first-order chi connectivity index (χ1) is 15.1. The van der Waals surface area contributed by atoms with Crippen LogP contribution in [0, 0.1) is 0 Å². The van der Waals surface area contributed by atoms with Crippen molar-refractivity contribution in [3.8, 4) is 0 Å². The van der Waals surface area contributed by atoms with Crippen LogP contribution in [0.4, 0.5) is 5.69 Å². The van der Waals surface area contributed by atoms with Gasteiger partial charge in [0.05, 0.1) is 12.6 Å². The predicted molar refractivity (Wildman–Crippen MR) is 117 cm³/mol. The van der Waals surface area contributed by atoms with Gasteiger partial charge in [-0.15, -0.1) is 5.10 Å². The van der Waals surface area contributed by atoms with Crippen molar-refractivity contribution in [3.63, 3.8) is 0 Å². The van der Waals surface area contributed by atoms with Crippen LogP contribution in [0.2, 0.25) is 0 Å². The van der Waals surface area contributed by atoms with Crippen LogP contribution in [0.3, 0.4) is 0 Å². The van der Waals surface area contributed by atoms with Crippen molar-refractivity contribution in [2.24, 2.45) is 0 Å². The molecule has 31 heavy (non-hydrogen) atoms. The summed E-state index contributed by atoms with van der Waals surface area (Å²) in [5.74, 6) is -0.276. The zero-order chi connectivity index (χ0) is 21.6. The van der Waals surface area contributed by atoms with Crippen LogP contribution in [0.5, 0.6) is 0 Å². The Morgan fingerprint density at radius 3 is 2.81 bits per heavy atom. The minimum absolute atomic E-state index is 0.0570. The van der Waals surface area contributed by atoms with Crippen molar-refractivity contribution < 1.29 is 14.3 Å².